The monoisotopic (exact) mass is 346 g/mol. The van der Waals surface area contributed by atoms with Gasteiger partial charge in [-0.2, -0.15) is 11.3 Å². The molecule has 2 heterocycles. The van der Waals surface area contributed by atoms with E-state index in [1.807, 2.05) is 6.07 Å². The van der Waals surface area contributed by atoms with Gasteiger partial charge in [-0.05, 0) is 46.2 Å². The molecule has 0 saturated carbocycles. The van der Waals surface area contributed by atoms with Crippen LogP contribution in [-0.2, 0) is 0 Å². The number of nitrogens with one attached hydrogen (secondary N) is 1. The first-order valence-corrected chi connectivity index (χ1v) is 7.99. The summed E-state index contributed by atoms with van der Waals surface area (Å²) < 4.78 is 13.7. The number of benzene rings is 1. The van der Waals surface area contributed by atoms with E-state index in [-0.39, 0.29) is 24.3 Å². The SMILES string of the molecule is Cl.Fc1cc(Cl)cc([C@H](c2ccsc2)N2CCNCC2)c1. The van der Waals surface area contributed by atoms with Crippen LogP contribution in [0.4, 0.5) is 4.39 Å². The van der Waals surface area contributed by atoms with Crippen LogP contribution in [0, 0.1) is 5.82 Å². The van der Waals surface area contributed by atoms with Crippen LogP contribution in [0.2, 0.25) is 5.02 Å². The normalized spacial score (nSPS) is 17.2. The third-order valence-corrected chi connectivity index (χ3v) is 4.50. The second-order valence-electron chi connectivity index (χ2n) is 4.95. The van der Waals surface area contributed by atoms with Gasteiger partial charge in [0.2, 0.25) is 0 Å². The van der Waals surface area contributed by atoms with Crippen LogP contribution in [0.15, 0.2) is 35.0 Å². The van der Waals surface area contributed by atoms with Crippen LogP contribution in [0.3, 0.4) is 0 Å². The minimum Gasteiger partial charge on any atom is -0.314 e. The van der Waals surface area contributed by atoms with Crippen molar-refractivity contribution in [3.05, 3.63) is 57.0 Å². The van der Waals surface area contributed by atoms with Crippen molar-refractivity contribution in [2.75, 3.05) is 26.2 Å². The number of halogens is 3. The van der Waals surface area contributed by atoms with Crippen molar-refractivity contribution < 1.29 is 4.39 Å². The number of hydrogen-bond donors (Lipinski definition) is 1. The highest BCUT2D eigenvalue weighted by Gasteiger charge is 2.24. The lowest BCUT2D eigenvalue weighted by atomic mass is 9.98. The van der Waals surface area contributed by atoms with Gasteiger partial charge in [0.15, 0.2) is 0 Å². The molecule has 2 nitrogen and oxygen atoms in total. The van der Waals surface area contributed by atoms with Gasteiger partial charge in [0.25, 0.3) is 0 Å². The van der Waals surface area contributed by atoms with Gasteiger partial charge in [0.1, 0.15) is 5.82 Å². The number of thiophene rings is 1. The fraction of sp³-hybridized carbons (Fsp3) is 0.333. The van der Waals surface area contributed by atoms with E-state index in [4.69, 9.17) is 11.6 Å². The lowest BCUT2D eigenvalue weighted by Crippen LogP contribution is -2.45. The molecule has 1 aliphatic rings. The van der Waals surface area contributed by atoms with Crippen LogP contribution in [0.1, 0.15) is 17.2 Å². The zero-order chi connectivity index (χ0) is 13.9. The zero-order valence-electron chi connectivity index (χ0n) is 11.4. The van der Waals surface area contributed by atoms with E-state index in [0.717, 1.165) is 31.7 Å². The van der Waals surface area contributed by atoms with Crippen molar-refractivity contribution in [1.82, 2.24) is 10.2 Å². The molecule has 2 aromatic rings. The van der Waals surface area contributed by atoms with Crippen molar-refractivity contribution in [3.63, 3.8) is 0 Å². The Labute approximate surface area is 139 Å². The molecule has 1 aliphatic heterocycles. The molecule has 0 aliphatic carbocycles. The van der Waals surface area contributed by atoms with Crippen LogP contribution in [0.5, 0.6) is 0 Å². The van der Waals surface area contributed by atoms with Crippen LogP contribution >= 0.6 is 35.3 Å². The molecule has 6 heteroatoms. The molecule has 1 aromatic carbocycles. The van der Waals surface area contributed by atoms with Gasteiger partial charge in [0, 0.05) is 31.2 Å². The van der Waals surface area contributed by atoms with Gasteiger partial charge in [-0.1, -0.05) is 11.6 Å². The summed E-state index contributed by atoms with van der Waals surface area (Å²) in [6, 6.07) is 7.01. The Morgan fingerprint density at radius 1 is 1.19 bits per heavy atom. The van der Waals surface area contributed by atoms with Crippen molar-refractivity contribution in [1.29, 1.82) is 0 Å². The van der Waals surface area contributed by atoms with Gasteiger partial charge in [-0.15, -0.1) is 12.4 Å². The standard InChI is InChI=1S/C15H16ClFN2S.ClH/c16-13-7-12(8-14(17)9-13)15(11-1-6-20-10-11)19-4-2-18-3-5-19;/h1,6-10,15,18H,2-5H2;1H/t15-;/m0./s1. The molecule has 1 aromatic heterocycles. The largest absolute Gasteiger partial charge is 0.314 e. The Morgan fingerprint density at radius 2 is 1.95 bits per heavy atom. The molecule has 1 saturated heterocycles. The highest BCUT2D eigenvalue weighted by molar-refractivity contribution is 7.08. The average molecular weight is 347 g/mol. The van der Waals surface area contributed by atoms with E-state index in [1.165, 1.54) is 11.6 Å². The Kier molecular flexibility index (Phi) is 6.02. The van der Waals surface area contributed by atoms with Crippen molar-refractivity contribution in [2.24, 2.45) is 0 Å². The van der Waals surface area contributed by atoms with Crippen molar-refractivity contribution in [3.8, 4) is 0 Å². The topological polar surface area (TPSA) is 15.3 Å². The first-order chi connectivity index (χ1) is 9.74. The predicted octanol–water partition coefficient (Wildman–Crippen LogP) is 3.96. The van der Waals surface area contributed by atoms with E-state index in [1.54, 1.807) is 17.4 Å². The van der Waals surface area contributed by atoms with Gasteiger partial charge in [-0.25, -0.2) is 4.39 Å². The first kappa shape index (κ1) is 16.7. The summed E-state index contributed by atoms with van der Waals surface area (Å²) in [6.07, 6.45) is 0. The Balaban J connectivity index is 0.00000161. The molecule has 0 bridgehead atoms. The number of nitrogens with zero attached hydrogens (tertiary/aromatic N) is 1. The van der Waals surface area contributed by atoms with Crippen LogP contribution < -0.4 is 5.32 Å². The number of piperazine rings is 1. The number of hydrogen-bond acceptors (Lipinski definition) is 3. The third-order valence-electron chi connectivity index (χ3n) is 3.58. The Morgan fingerprint density at radius 3 is 2.57 bits per heavy atom. The quantitative estimate of drug-likeness (QED) is 0.904. The minimum atomic E-state index is -0.275. The lowest BCUT2D eigenvalue weighted by Gasteiger charge is -2.35. The molecular formula is C15H17Cl2FN2S. The molecule has 0 amide bonds. The molecule has 114 valence electrons. The van der Waals surface area contributed by atoms with Crippen molar-refractivity contribution >= 4 is 35.3 Å². The smallest absolute Gasteiger partial charge is 0.125 e. The second-order valence-corrected chi connectivity index (χ2v) is 6.16. The summed E-state index contributed by atoms with van der Waals surface area (Å²) in [5.74, 6) is -0.275. The summed E-state index contributed by atoms with van der Waals surface area (Å²) in [5.41, 5.74) is 2.13. The van der Waals surface area contributed by atoms with E-state index in [9.17, 15) is 4.39 Å². The maximum absolute atomic E-state index is 13.7. The van der Waals surface area contributed by atoms with E-state index in [2.05, 4.69) is 27.0 Å². The molecular weight excluding hydrogens is 330 g/mol. The molecule has 1 N–H and O–H groups in total. The van der Waals surface area contributed by atoms with E-state index >= 15 is 0 Å². The summed E-state index contributed by atoms with van der Waals surface area (Å²) in [7, 11) is 0. The molecule has 21 heavy (non-hydrogen) atoms. The molecule has 1 atom stereocenters. The molecule has 1 fully saturated rings. The third kappa shape index (κ3) is 3.96. The highest BCUT2D eigenvalue weighted by atomic mass is 35.5. The molecule has 0 unspecified atom stereocenters. The van der Waals surface area contributed by atoms with Gasteiger partial charge in [-0.3, -0.25) is 4.90 Å². The summed E-state index contributed by atoms with van der Waals surface area (Å²) >= 11 is 7.69. The van der Waals surface area contributed by atoms with Crippen LogP contribution in [-0.4, -0.2) is 31.1 Å². The number of rotatable bonds is 3. The van der Waals surface area contributed by atoms with E-state index < -0.39 is 0 Å². The average Bonchev–Trinajstić information content (AvgIpc) is 2.93. The maximum Gasteiger partial charge on any atom is 0.125 e. The van der Waals surface area contributed by atoms with Crippen LogP contribution in [0.25, 0.3) is 0 Å². The fourth-order valence-corrected chi connectivity index (χ4v) is 3.63. The summed E-state index contributed by atoms with van der Waals surface area (Å²) in [5, 5.41) is 8.00. The van der Waals surface area contributed by atoms with Crippen molar-refractivity contribution in [2.45, 2.75) is 6.04 Å². The molecule has 0 radical (unpaired) electrons. The minimum absolute atomic E-state index is 0. The summed E-state index contributed by atoms with van der Waals surface area (Å²) in [6.45, 7) is 3.83. The second kappa shape index (κ2) is 7.56. The fourth-order valence-electron chi connectivity index (χ4n) is 2.72. The van der Waals surface area contributed by atoms with E-state index in [0.29, 0.717) is 5.02 Å². The van der Waals surface area contributed by atoms with Gasteiger partial charge in [0.05, 0.1) is 6.04 Å². The van der Waals surface area contributed by atoms with Gasteiger partial charge >= 0.3 is 0 Å². The molecule has 3 rings (SSSR count). The Hall–Kier alpha value is -0.650. The first-order valence-electron chi connectivity index (χ1n) is 6.67. The summed E-state index contributed by atoms with van der Waals surface area (Å²) in [4.78, 5) is 2.38. The van der Waals surface area contributed by atoms with Gasteiger partial charge < -0.3 is 5.32 Å². The molecule has 0 spiro atoms. The maximum atomic E-state index is 13.7. The Bertz CT molecular complexity index is 551. The predicted molar refractivity (Wildman–Crippen MR) is 89.3 cm³/mol. The lowest BCUT2D eigenvalue weighted by molar-refractivity contribution is 0.198. The highest BCUT2D eigenvalue weighted by Crippen LogP contribution is 2.32. The zero-order valence-corrected chi connectivity index (χ0v) is 13.8.